The lowest BCUT2D eigenvalue weighted by Gasteiger charge is -2.28. The van der Waals surface area contributed by atoms with Crippen molar-refractivity contribution in [2.45, 2.75) is 62.7 Å². The van der Waals surface area contributed by atoms with Gasteiger partial charge in [0.2, 0.25) is 11.1 Å². The lowest BCUT2D eigenvalue weighted by Crippen LogP contribution is -2.47. The molecule has 3 fully saturated rings. The summed E-state index contributed by atoms with van der Waals surface area (Å²) in [5, 5.41) is 17.5. The minimum atomic E-state index is -0.400. The minimum absolute atomic E-state index is 0.109. The second-order valence-electron chi connectivity index (χ2n) is 7.57. The summed E-state index contributed by atoms with van der Waals surface area (Å²) in [7, 11) is 0. The Morgan fingerprint density at radius 1 is 1.28 bits per heavy atom. The molecular weight excluding hydrogens is 340 g/mol. The number of hydrogen-bond donors (Lipinski definition) is 2. The van der Waals surface area contributed by atoms with Gasteiger partial charge in [-0.05, 0) is 67.2 Å². The standard InChI is InChI=1S/C16H24N6O2S/c1-9(13-7-10-2-3-11(13)6-10)17-15(24)18-14(23)8-25-16-19-20-21-22(16)12-4-5-12/h9-13H,2-8H2,1H3,(H2,17,18,23,24)/t9-,10-,11-,13-/m0/s1. The van der Waals surface area contributed by atoms with Gasteiger partial charge in [-0.25, -0.2) is 9.48 Å². The molecule has 2 bridgehead atoms. The second-order valence-corrected chi connectivity index (χ2v) is 8.52. The summed E-state index contributed by atoms with van der Waals surface area (Å²) in [6, 6.07) is 0.0760. The van der Waals surface area contributed by atoms with Crippen LogP contribution in [0.2, 0.25) is 0 Å². The van der Waals surface area contributed by atoms with Gasteiger partial charge in [-0.15, -0.1) is 5.10 Å². The molecule has 0 radical (unpaired) electrons. The average molecular weight is 364 g/mol. The Bertz CT molecular complexity index is 661. The lowest BCUT2D eigenvalue weighted by molar-refractivity contribution is -0.117. The first-order chi connectivity index (χ1) is 12.1. The normalized spacial score (nSPS) is 28.8. The van der Waals surface area contributed by atoms with Crippen molar-refractivity contribution in [3.63, 3.8) is 0 Å². The SMILES string of the molecule is C[C@H](NC(=O)NC(=O)CSc1nnnn1C1CC1)[C@@H]1C[C@H]2CC[C@H]1C2. The third-order valence-electron chi connectivity index (χ3n) is 5.73. The molecule has 0 saturated heterocycles. The number of aromatic nitrogens is 4. The fraction of sp³-hybridized carbons (Fsp3) is 0.812. The van der Waals surface area contributed by atoms with E-state index in [0.29, 0.717) is 17.1 Å². The van der Waals surface area contributed by atoms with Crippen LogP contribution in [0.5, 0.6) is 0 Å². The lowest BCUT2D eigenvalue weighted by atomic mass is 9.84. The Labute approximate surface area is 150 Å². The van der Waals surface area contributed by atoms with Gasteiger partial charge in [0.25, 0.3) is 0 Å². The van der Waals surface area contributed by atoms with E-state index in [1.807, 2.05) is 6.92 Å². The monoisotopic (exact) mass is 364 g/mol. The van der Waals surface area contributed by atoms with Crippen LogP contribution in [0.15, 0.2) is 5.16 Å². The molecule has 1 aromatic rings. The van der Waals surface area contributed by atoms with Crippen molar-refractivity contribution >= 4 is 23.7 Å². The molecule has 136 valence electrons. The molecule has 3 amide bonds. The third-order valence-corrected chi connectivity index (χ3v) is 6.67. The number of rotatable bonds is 6. The zero-order chi connectivity index (χ0) is 17.4. The maximum atomic E-state index is 12.1. The van der Waals surface area contributed by atoms with Crippen LogP contribution in [0.4, 0.5) is 4.79 Å². The van der Waals surface area contributed by atoms with Crippen molar-refractivity contribution < 1.29 is 9.59 Å². The summed E-state index contributed by atoms with van der Waals surface area (Å²) in [6.45, 7) is 2.05. The Morgan fingerprint density at radius 3 is 2.80 bits per heavy atom. The summed E-state index contributed by atoms with van der Waals surface area (Å²) in [6.07, 6.45) is 7.30. The maximum absolute atomic E-state index is 12.1. The van der Waals surface area contributed by atoms with Gasteiger partial charge < -0.3 is 5.32 Å². The number of urea groups is 1. The summed E-state index contributed by atoms with van der Waals surface area (Å²) in [5.74, 6) is 1.94. The molecule has 2 N–H and O–H groups in total. The van der Waals surface area contributed by atoms with Crippen LogP contribution in [0.1, 0.15) is 51.5 Å². The van der Waals surface area contributed by atoms with E-state index < -0.39 is 6.03 Å². The van der Waals surface area contributed by atoms with Crippen LogP contribution in [0.25, 0.3) is 0 Å². The van der Waals surface area contributed by atoms with Crippen LogP contribution < -0.4 is 10.6 Å². The van der Waals surface area contributed by atoms with Gasteiger partial charge in [-0.2, -0.15) is 0 Å². The van der Waals surface area contributed by atoms with Crippen molar-refractivity contribution in [3.8, 4) is 0 Å². The quantitative estimate of drug-likeness (QED) is 0.746. The van der Waals surface area contributed by atoms with Gasteiger partial charge in [-0.1, -0.05) is 18.2 Å². The number of thioether (sulfide) groups is 1. The predicted molar refractivity (Wildman–Crippen MR) is 91.9 cm³/mol. The number of tetrazole rings is 1. The maximum Gasteiger partial charge on any atom is 0.321 e. The van der Waals surface area contributed by atoms with Crippen molar-refractivity contribution in [2.75, 3.05) is 5.75 Å². The Morgan fingerprint density at radius 2 is 2.12 bits per heavy atom. The molecule has 0 unspecified atom stereocenters. The number of imide groups is 1. The average Bonchev–Trinajstić information content (AvgIpc) is 3.00. The van der Waals surface area contributed by atoms with Crippen LogP contribution in [0, 0.1) is 17.8 Å². The highest BCUT2D eigenvalue weighted by Gasteiger charge is 2.42. The van der Waals surface area contributed by atoms with Crippen molar-refractivity contribution in [1.82, 2.24) is 30.8 Å². The molecule has 8 nitrogen and oxygen atoms in total. The van der Waals surface area contributed by atoms with E-state index in [9.17, 15) is 9.59 Å². The minimum Gasteiger partial charge on any atom is -0.335 e. The molecule has 25 heavy (non-hydrogen) atoms. The molecule has 1 heterocycles. The summed E-state index contributed by atoms with van der Waals surface area (Å²) in [4.78, 5) is 24.1. The Kier molecular flexibility index (Phi) is 4.66. The molecule has 4 atom stereocenters. The predicted octanol–water partition coefficient (Wildman–Crippen LogP) is 1.75. The Balaban J connectivity index is 1.21. The molecule has 0 spiro atoms. The second kappa shape index (κ2) is 6.93. The molecule has 0 aromatic carbocycles. The third kappa shape index (κ3) is 3.80. The number of hydrogen-bond acceptors (Lipinski definition) is 6. The molecule has 3 saturated carbocycles. The molecule has 3 aliphatic rings. The van der Waals surface area contributed by atoms with Gasteiger partial charge >= 0.3 is 6.03 Å². The number of nitrogens with one attached hydrogen (secondary N) is 2. The highest BCUT2D eigenvalue weighted by Crippen LogP contribution is 2.49. The zero-order valence-corrected chi connectivity index (χ0v) is 15.2. The molecule has 9 heteroatoms. The van der Waals surface area contributed by atoms with Crippen LogP contribution in [0.3, 0.4) is 0 Å². The van der Waals surface area contributed by atoms with Gasteiger partial charge in [0, 0.05) is 6.04 Å². The van der Waals surface area contributed by atoms with E-state index in [2.05, 4.69) is 26.2 Å². The number of carbonyl (C=O) groups excluding carboxylic acids is 2. The topological polar surface area (TPSA) is 102 Å². The van der Waals surface area contributed by atoms with Gasteiger partial charge in [-0.3, -0.25) is 10.1 Å². The van der Waals surface area contributed by atoms with E-state index in [1.54, 1.807) is 4.68 Å². The largest absolute Gasteiger partial charge is 0.335 e. The van der Waals surface area contributed by atoms with Crippen molar-refractivity contribution in [3.05, 3.63) is 0 Å². The molecule has 4 rings (SSSR count). The fourth-order valence-corrected chi connectivity index (χ4v) is 5.12. The van der Waals surface area contributed by atoms with Gasteiger partial charge in [0.1, 0.15) is 0 Å². The zero-order valence-electron chi connectivity index (χ0n) is 14.4. The van der Waals surface area contributed by atoms with Crippen molar-refractivity contribution in [2.24, 2.45) is 17.8 Å². The van der Waals surface area contributed by atoms with Crippen LogP contribution in [-0.4, -0.2) is 43.9 Å². The Hall–Kier alpha value is -1.64. The number of nitrogens with zero attached hydrogens (tertiary/aromatic N) is 4. The first kappa shape index (κ1) is 16.8. The molecular formula is C16H24N6O2S. The summed E-state index contributed by atoms with van der Waals surface area (Å²) < 4.78 is 1.76. The van der Waals surface area contributed by atoms with E-state index in [-0.39, 0.29) is 17.7 Å². The highest BCUT2D eigenvalue weighted by molar-refractivity contribution is 7.99. The van der Waals surface area contributed by atoms with Gasteiger partial charge in [0.05, 0.1) is 11.8 Å². The first-order valence-corrected chi connectivity index (χ1v) is 10.1. The molecule has 0 aliphatic heterocycles. The summed E-state index contributed by atoms with van der Waals surface area (Å²) >= 11 is 1.26. The van der Waals surface area contributed by atoms with E-state index in [1.165, 1.54) is 37.4 Å². The van der Waals surface area contributed by atoms with Gasteiger partial charge in [0.15, 0.2) is 0 Å². The summed E-state index contributed by atoms with van der Waals surface area (Å²) in [5.41, 5.74) is 0. The van der Waals surface area contributed by atoms with Crippen molar-refractivity contribution in [1.29, 1.82) is 0 Å². The van der Waals surface area contributed by atoms with E-state index in [4.69, 9.17) is 0 Å². The van der Waals surface area contributed by atoms with E-state index in [0.717, 1.165) is 24.7 Å². The number of amides is 3. The molecule has 1 aromatic heterocycles. The fourth-order valence-electron chi connectivity index (χ4n) is 4.38. The van der Waals surface area contributed by atoms with Crippen LogP contribution >= 0.6 is 11.8 Å². The van der Waals surface area contributed by atoms with Crippen LogP contribution in [-0.2, 0) is 4.79 Å². The van der Waals surface area contributed by atoms with E-state index >= 15 is 0 Å². The number of fused-ring (bicyclic) bond motifs is 2. The number of carbonyl (C=O) groups is 2. The first-order valence-electron chi connectivity index (χ1n) is 9.11. The highest BCUT2D eigenvalue weighted by atomic mass is 32.2. The molecule has 3 aliphatic carbocycles. The smallest absolute Gasteiger partial charge is 0.321 e.